The van der Waals surface area contributed by atoms with Gasteiger partial charge in [-0.25, -0.2) is 0 Å². The van der Waals surface area contributed by atoms with Gasteiger partial charge in [0.1, 0.15) is 0 Å². The number of thioether (sulfide) groups is 1. The third kappa shape index (κ3) is 3.81. The molecule has 2 atom stereocenters. The van der Waals surface area contributed by atoms with Gasteiger partial charge in [0.05, 0.1) is 5.25 Å². The second-order valence-electron chi connectivity index (χ2n) is 3.59. The number of hydrogen-bond donors (Lipinski definition) is 1. The van der Waals surface area contributed by atoms with Crippen molar-refractivity contribution in [3.8, 4) is 0 Å². The van der Waals surface area contributed by atoms with Crippen molar-refractivity contribution in [1.82, 2.24) is 5.32 Å². The average Bonchev–Trinajstić information content (AvgIpc) is 2.69. The van der Waals surface area contributed by atoms with Crippen molar-refractivity contribution in [2.75, 3.05) is 11.1 Å². The lowest BCUT2D eigenvalue weighted by atomic mass is 10.1. The molecule has 4 heteroatoms. The Balaban J connectivity index is 2.29. The molecular formula is C10H18BrNOS. The van der Waals surface area contributed by atoms with Crippen molar-refractivity contribution < 1.29 is 4.79 Å². The molecule has 0 radical (unpaired) electrons. The van der Waals surface area contributed by atoms with E-state index in [9.17, 15) is 4.79 Å². The summed E-state index contributed by atoms with van der Waals surface area (Å²) in [5, 5.41) is 4.30. The van der Waals surface area contributed by atoms with Crippen LogP contribution in [0.4, 0.5) is 0 Å². The normalized spacial score (nSPS) is 23.4. The average molecular weight is 280 g/mol. The Bertz CT molecular complexity index is 183. The third-order valence-corrected chi connectivity index (χ3v) is 4.35. The highest BCUT2D eigenvalue weighted by molar-refractivity contribution is 9.09. The first-order valence-electron chi connectivity index (χ1n) is 5.25. The van der Waals surface area contributed by atoms with Gasteiger partial charge in [0.15, 0.2) is 0 Å². The maximum atomic E-state index is 11.7. The number of nitrogens with one attached hydrogen (secondary N) is 1. The minimum atomic E-state index is 0.222. The quantitative estimate of drug-likeness (QED) is 0.784. The van der Waals surface area contributed by atoms with Crippen molar-refractivity contribution >= 4 is 33.6 Å². The number of carbonyl (C=O) groups is 1. The molecule has 0 saturated carbocycles. The van der Waals surface area contributed by atoms with E-state index >= 15 is 0 Å². The Morgan fingerprint density at radius 1 is 1.71 bits per heavy atom. The molecule has 2 unspecified atom stereocenters. The summed E-state index contributed by atoms with van der Waals surface area (Å²) in [6.45, 7) is 2.12. The molecular weight excluding hydrogens is 262 g/mol. The predicted octanol–water partition coefficient (Wildman–Crippen LogP) is 2.56. The molecule has 82 valence electrons. The SMILES string of the molecule is CCC(CCBr)NC(=O)C1CCCS1. The van der Waals surface area contributed by atoms with E-state index in [0.717, 1.165) is 30.3 Å². The summed E-state index contributed by atoms with van der Waals surface area (Å²) in [4.78, 5) is 11.7. The number of rotatable bonds is 5. The van der Waals surface area contributed by atoms with E-state index in [4.69, 9.17) is 0 Å². The van der Waals surface area contributed by atoms with Crippen LogP contribution in [0, 0.1) is 0 Å². The lowest BCUT2D eigenvalue weighted by Crippen LogP contribution is -2.39. The van der Waals surface area contributed by atoms with Gasteiger partial charge in [-0.15, -0.1) is 11.8 Å². The summed E-state index contributed by atoms with van der Waals surface area (Å²) in [5.74, 6) is 1.40. The molecule has 1 aliphatic heterocycles. The van der Waals surface area contributed by atoms with Gasteiger partial charge in [0, 0.05) is 11.4 Å². The van der Waals surface area contributed by atoms with E-state index in [1.165, 1.54) is 6.42 Å². The molecule has 0 aromatic carbocycles. The Morgan fingerprint density at radius 2 is 2.50 bits per heavy atom. The second kappa shape index (κ2) is 6.72. The smallest absolute Gasteiger partial charge is 0.233 e. The van der Waals surface area contributed by atoms with Crippen molar-refractivity contribution in [2.24, 2.45) is 0 Å². The Hall–Kier alpha value is 0.300. The van der Waals surface area contributed by atoms with E-state index in [2.05, 4.69) is 28.2 Å². The number of hydrogen-bond acceptors (Lipinski definition) is 2. The molecule has 0 aromatic heterocycles. The van der Waals surface area contributed by atoms with Crippen LogP contribution in [0.15, 0.2) is 0 Å². The Morgan fingerprint density at radius 3 is 3.00 bits per heavy atom. The molecule has 1 rings (SSSR count). The highest BCUT2D eigenvalue weighted by Gasteiger charge is 2.24. The first-order chi connectivity index (χ1) is 6.77. The van der Waals surface area contributed by atoms with E-state index in [-0.39, 0.29) is 11.2 Å². The minimum Gasteiger partial charge on any atom is -0.352 e. The molecule has 1 aliphatic rings. The van der Waals surface area contributed by atoms with Gasteiger partial charge in [-0.2, -0.15) is 0 Å². The van der Waals surface area contributed by atoms with Crippen LogP contribution >= 0.6 is 27.7 Å². The summed E-state index contributed by atoms with van der Waals surface area (Å²) in [6, 6.07) is 0.350. The van der Waals surface area contributed by atoms with Crippen LogP contribution in [-0.4, -0.2) is 28.3 Å². The second-order valence-corrected chi connectivity index (χ2v) is 5.70. The van der Waals surface area contributed by atoms with Gasteiger partial charge in [0.2, 0.25) is 5.91 Å². The van der Waals surface area contributed by atoms with Crippen LogP contribution in [0.3, 0.4) is 0 Å². The Labute approximate surface area is 98.7 Å². The number of amides is 1. The van der Waals surface area contributed by atoms with Crippen LogP contribution in [0.1, 0.15) is 32.6 Å². The van der Waals surface area contributed by atoms with Gasteiger partial charge in [0.25, 0.3) is 0 Å². The zero-order chi connectivity index (χ0) is 10.4. The van der Waals surface area contributed by atoms with E-state index in [0.29, 0.717) is 6.04 Å². The van der Waals surface area contributed by atoms with Crippen LogP contribution in [0.2, 0.25) is 0 Å². The molecule has 1 heterocycles. The van der Waals surface area contributed by atoms with Gasteiger partial charge in [-0.1, -0.05) is 22.9 Å². The lowest BCUT2D eigenvalue weighted by Gasteiger charge is -2.18. The molecule has 1 fully saturated rings. The predicted molar refractivity (Wildman–Crippen MR) is 66.1 cm³/mol. The summed E-state index contributed by atoms with van der Waals surface area (Å²) in [7, 11) is 0. The molecule has 1 amide bonds. The number of halogens is 1. The van der Waals surface area contributed by atoms with E-state index in [1.54, 1.807) is 11.8 Å². The fraction of sp³-hybridized carbons (Fsp3) is 0.900. The topological polar surface area (TPSA) is 29.1 Å². The summed E-state index contributed by atoms with van der Waals surface area (Å²) in [6.07, 6.45) is 4.30. The molecule has 14 heavy (non-hydrogen) atoms. The fourth-order valence-corrected chi connectivity index (χ4v) is 3.31. The minimum absolute atomic E-state index is 0.222. The molecule has 1 N–H and O–H groups in total. The van der Waals surface area contributed by atoms with Gasteiger partial charge < -0.3 is 5.32 Å². The molecule has 0 spiro atoms. The number of carbonyl (C=O) groups excluding carboxylic acids is 1. The van der Waals surface area contributed by atoms with Crippen molar-refractivity contribution in [1.29, 1.82) is 0 Å². The molecule has 0 aliphatic carbocycles. The molecule has 0 bridgehead atoms. The maximum Gasteiger partial charge on any atom is 0.233 e. The van der Waals surface area contributed by atoms with Crippen LogP contribution in [-0.2, 0) is 4.79 Å². The lowest BCUT2D eigenvalue weighted by molar-refractivity contribution is -0.121. The molecule has 1 saturated heterocycles. The van der Waals surface area contributed by atoms with Gasteiger partial charge in [-0.05, 0) is 31.4 Å². The van der Waals surface area contributed by atoms with Crippen molar-refractivity contribution in [3.63, 3.8) is 0 Å². The van der Waals surface area contributed by atoms with Crippen molar-refractivity contribution in [3.05, 3.63) is 0 Å². The highest BCUT2D eigenvalue weighted by atomic mass is 79.9. The monoisotopic (exact) mass is 279 g/mol. The largest absolute Gasteiger partial charge is 0.352 e. The van der Waals surface area contributed by atoms with Crippen molar-refractivity contribution in [2.45, 2.75) is 43.9 Å². The summed E-state index contributed by atoms with van der Waals surface area (Å²) >= 11 is 5.21. The van der Waals surface area contributed by atoms with Crippen LogP contribution < -0.4 is 5.32 Å². The zero-order valence-corrected chi connectivity index (χ0v) is 11.0. The highest BCUT2D eigenvalue weighted by Crippen LogP contribution is 2.26. The van der Waals surface area contributed by atoms with E-state index < -0.39 is 0 Å². The fourth-order valence-electron chi connectivity index (χ4n) is 1.59. The molecule has 2 nitrogen and oxygen atoms in total. The van der Waals surface area contributed by atoms with E-state index in [1.807, 2.05) is 0 Å². The third-order valence-electron chi connectivity index (χ3n) is 2.52. The summed E-state index contributed by atoms with van der Waals surface area (Å²) < 4.78 is 0. The molecule has 0 aromatic rings. The van der Waals surface area contributed by atoms with Crippen LogP contribution in [0.25, 0.3) is 0 Å². The van der Waals surface area contributed by atoms with Gasteiger partial charge >= 0.3 is 0 Å². The zero-order valence-electron chi connectivity index (χ0n) is 8.59. The first kappa shape index (κ1) is 12.4. The maximum absolute atomic E-state index is 11.7. The Kier molecular flexibility index (Phi) is 5.94. The number of alkyl halides is 1. The standard InChI is InChI=1S/C10H18BrNOS/c1-2-8(5-6-11)12-10(13)9-4-3-7-14-9/h8-9H,2-7H2,1H3,(H,12,13). The van der Waals surface area contributed by atoms with Gasteiger partial charge in [-0.3, -0.25) is 4.79 Å². The summed E-state index contributed by atoms with van der Waals surface area (Å²) in [5.41, 5.74) is 0. The van der Waals surface area contributed by atoms with Crippen LogP contribution in [0.5, 0.6) is 0 Å². The first-order valence-corrected chi connectivity index (χ1v) is 7.43.